The van der Waals surface area contributed by atoms with Crippen molar-refractivity contribution in [2.24, 2.45) is 4.99 Å². The van der Waals surface area contributed by atoms with Gasteiger partial charge in [-0.15, -0.1) is 0 Å². The molecule has 6 nitrogen and oxygen atoms in total. The second kappa shape index (κ2) is 9.25. The molecule has 2 heterocycles. The van der Waals surface area contributed by atoms with Crippen molar-refractivity contribution in [1.29, 1.82) is 0 Å². The number of hydrogen-bond acceptors (Lipinski definition) is 4. The van der Waals surface area contributed by atoms with Crippen molar-refractivity contribution in [3.8, 4) is 0 Å². The zero-order valence-corrected chi connectivity index (χ0v) is 15.4. The third kappa shape index (κ3) is 5.12. The van der Waals surface area contributed by atoms with Gasteiger partial charge in [-0.1, -0.05) is 6.07 Å². The minimum Gasteiger partial charge on any atom is -0.357 e. The van der Waals surface area contributed by atoms with Crippen molar-refractivity contribution in [2.45, 2.75) is 13.3 Å². The summed E-state index contributed by atoms with van der Waals surface area (Å²) in [5.74, 6) is 0.472. The number of aromatic nitrogens is 2. The molecule has 1 aromatic heterocycles. The van der Waals surface area contributed by atoms with E-state index in [9.17, 15) is 8.78 Å². The highest BCUT2D eigenvalue weighted by atomic mass is 19.1. The molecular formula is C19H24F2N6. The monoisotopic (exact) mass is 374 g/mol. The first-order valence-corrected chi connectivity index (χ1v) is 9.16. The molecule has 0 amide bonds. The Labute approximate surface area is 158 Å². The smallest absolute Gasteiger partial charge is 0.225 e. The zero-order valence-electron chi connectivity index (χ0n) is 15.4. The molecule has 0 atom stereocenters. The minimum absolute atomic E-state index is 0.429. The van der Waals surface area contributed by atoms with Crippen LogP contribution in [-0.4, -0.2) is 60.1 Å². The van der Waals surface area contributed by atoms with Crippen LogP contribution in [0.15, 0.2) is 41.7 Å². The third-order valence-corrected chi connectivity index (χ3v) is 4.41. The summed E-state index contributed by atoms with van der Waals surface area (Å²) in [6.07, 6.45) is 3.92. The van der Waals surface area contributed by atoms with E-state index in [-0.39, 0.29) is 0 Å². The number of benzene rings is 1. The summed E-state index contributed by atoms with van der Waals surface area (Å²) in [6, 6.07) is 5.47. The first-order valence-electron chi connectivity index (χ1n) is 9.16. The number of guanidine groups is 1. The van der Waals surface area contributed by atoms with Crippen molar-refractivity contribution in [1.82, 2.24) is 20.2 Å². The molecule has 0 aliphatic carbocycles. The van der Waals surface area contributed by atoms with Crippen LogP contribution in [-0.2, 0) is 6.42 Å². The number of rotatable bonds is 5. The highest BCUT2D eigenvalue weighted by molar-refractivity contribution is 5.80. The van der Waals surface area contributed by atoms with E-state index in [0.29, 0.717) is 18.5 Å². The molecule has 1 aliphatic heterocycles. The third-order valence-electron chi connectivity index (χ3n) is 4.41. The molecule has 2 aromatic rings. The van der Waals surface area contributed by atoms with Gasteiger partial charge in [0.15, 0.2) is 5.96 Å². The molecule has 0 bridgehead atoms. The van der Waals surface area contributed by atoms with Crippen molar-refractivity contribution < 1.29 is 8.78 Å². The van der Waals surface area contributed by atoms with E-state index in [2.05, 4.69) is 30.1 Å². The summed E-state index contributed by atoms with van der Waals surface area (Å²) in [5.41, 5.74) is 0.474. The standard InChI is InChI=1S/C19H24F2N6/c1-2-22-18(25-9-6-15-4-5-16(20)14-17(15)21)26-10-12-27(13-11-26)19-23-7-3-8-24-19/h3-5,7-8,14H,2,6,9-13H2,1H3,(H,22,25). The van der Waals surface area contributed by atoms with Crippen molar-refractivity contribution >= 4 is 11.9 Å². The first-order chi connectivity index (χ1) is 13.2. The first kappa shape index (κ1) is 19.0. The second-order valence-electron chi connectivity index (χ2n) is 6.24. The molecule has 0 unspecified atom stereocenters. The molecule has 0 spiro atoms. The number of nitrogens with one attached hydrogen (secondary N) is 1. The van der Waals surface area contributed by atoms with Gasteiger partial charge in [-0.3, -0.25) is 4.99 Å². The molecule has 1 aliphatic rings. The Morgan fingerprint density at radius 1 is 1.15 bits per heavy atom. The lowest BCUT2D eigenvalue weighted by atomic mass is 10.1. The van der Waals surface area contributed by atoms with Gasteiger partial charge in [0, 0.05) is 57.7 Å². The minimum atomic E-state index is -0.562. The van der Waals surface area contributed by atoms with Gasteiger partial charge < -0.3 is 15.1 Å². The quantitative estimate of drug-likeness (QED) is 0.642. The molecule has 0 radical (unpaired) electrons. The molecule has 1 fully saturated rings. The average molecular weight is 374 g/mol. The van der Waals surface area contributed by atoms with Crippen molar-refractivity contribution in [2.75, 3.05) is 44.2 Å². The highest BCUT2D eigenvalue weighted by Gasteiger charge is 2.21. The summed E-state index contributed by atoms with van der Waals surface area (Å²) in [4.78, 5) is 17.5. The predicted octanol–water partition coefficient (Wildman–Crippen LogP) is 2.08. The highest BCUT2D eigenvalue weighted by Crippen LogP contribution is 2.12. The summed E-state index contributed by atoms with van der Waals surface area (Å²) in [6.45, 7) is 6.42. The van der Waals surface area contributed by atoms with Crippen LogP contribution in [0, 0.1) is 11.6 Å². The van der Waals surface area contributed by atoms with Gasteiger partial charge in [0.25, 0.3) is 0 Å². The van der Waals surface area contributed by atoms with Crippen LogP contribution >= 0.6 is 0 Å². The fraction of sp³-hybridized carbons (Fsp3) is 0.421. The Morgan fingerprint density at radius 2 is 1.89 bits per heavy atom. The van der Waals surface area contributed by atoms with E-state index in [1.807, 2.05) is 6.92 Å². The van der Waals surface area contributed by atoms with E-state index in [0.717, 1.165) is 50.7 Å². The second-order valence-corrected chi connectivity index (χ2v) is 6.24. The van der Waals surface area contributed by atoms with Gasteiger partial charge >= 0.3 is 0 Å². The topological polar surface area (TPSA) is 56.7 Å². The lowest BCUT2D eigenvalue weighted by molar-refractivity contribution is 0.370. The van der Waals surface area contributed by atoms with Crippen LogP contribution in [0.25, 0.3) is 0 Å². The van der Waals surface area contributed by atoms with Gasteiger partial charge in [0.05, 0.1) is 0 Å². The number of halogens is 2. The molecular weight excluding hydrogens is 350 g/mol. The van der Waals surface area contributed by atoms with Crippen LogP contribution < -0.4 is 10.2 Å². The Morgan fingerprint density at radius 3 is 2.56 bits per heavy atom. The van der Waals surface area contributed by atoms with Crippen LogP contribution in [0.4, 0.5) is 14.7 Å². The van der Waals surface area contributed by atoms with E-state index in [4.69, 9.17) is 0 Å². The lowest BCUT2D eigenvalue weighted by Gasteiger charge is -2.36. The fourth-order valence-corrected chi connectivity index (χ4v) is 3.01. The molecule has 8 heteroatoms. The summed E-state index contributed by atoms with van der Waals surface area (Å²) in [7, 11) is 0. The largest absolute Gasteiger partial charge is 0.357 e. The zero-order chi connectivity index (χ0) is 19.1. The van der Waals surface area contributed by atoms with Crippen LogP contribution in [0.2, 0.25) is 0 Å². The van der Waals surface area contributed by atoms with Crippen LogP contribution in [0.1, 0.15) is 12.5 Å². The fourth-order valence-electron chi connectivity index (χ4n) is 3.01. The van der Waals surface area contributed by atoms with Gasteiger partial charge in [-0.2, -0.15) is 0 Å². The predicted molar refractivity (Wildman–Crippen MR) is 102 cm³/mol. The van der Waals surface area contributed by atoms with Gasteiger partial charge in [-0.05, 0) is 31.0 Å². The number of aliphatic imine (C=N–C) groups is 1. The summed E-state index contributed by atoms with van der Waals surface area (Å²) < 4.78 is 26.7. The molecule has 1 N–H and O–H groups in total. The lowest BCUT2D eigenvalue weighted by Crippen LogP contribution is -2.53. The number of piperazine rings is 1. The number of nitrogens with zero attached hydrogens (tertiary/aromatic N) is 5. The van der Waals surface area contributed by atoms with Gasteiger partial charge in [0.1, 0.15) is 11.6 Å². The Hall–Kier alpha value is -2.77. The van der Waals surface area contributed by atoms with E-state index < -0.39 is 11.6 Å². The summed E-state index contributed by atoms with van der Waals surface area (Å²) in [5, 5.41) is 3.29. The van der Waals surface area contributed by atoms with E-state index in [1.165, 1.54) is 12.1 Å². The molecule has 3 rings (SSSR count). The van der Waals surface area contributed by atoms with Gasteiger partial charge in [0.2, 0.25) is 5.95 Å². The van der Waals surface area contributed by atoms with Gasteiger partial charge in [-0.25, -0.2) is 18.7 Å². The Bertz CT molecular complexity index is 760. The molecule has 1 saturated heterocycles. The Balaban J connectivity index is 1.57. The molecule has 1 aromatic carbocycles. The maximum Gasteiger partial charge on any atom is 0.225 e. The average Bonchev–Trinajstić information content (AvgIpc) is 2.70. The molecule has 144 valence electrons. The molecule has 27 heavy (non-hydrogen) atoms. The van der Waals surface area contributed by atoms with E-state index in [1.54, 1.807) is 18.5 Å². The maximum atomic E-state index is 13.7. The normalized spacial score (nSPS) is 15.1. The maximum absolute atomic E-state index is 13.7. The number of anilines is 1. The van der Waals surface area contributed by atoms with Crippen molar-refractivity contribution in [3.63, 3.8) is 0 Å². The van der Waals surface area contributed by atoms with Crippen LogP contribution in [0.3, 0.4) is 0 Å². The Kier molecular flexibility index (Phi) is 6.51. The SMILES string of the molecule is CCNC(=NCCc1ccc(F)cc1F)N1CCN(c2ncccn2)CC1. The van der Waals surface area contributed by atoms with Crippen LogP contribution in [0.5, 0.6) is 0 Å². The van der Waals surface area contributed by atoms with E-state index >= 15 is 0 Å². The summed E-state index contributed by atoms with van der Waals surface area (Å²) >= 11 is 0. The van der Waals surface area contributed by atoms with Crippen molar-refractivity contribution in [3.05, 3.63) is 53.9 Å². The molecule has 0 saturated carbocycles. The number of hydrogen-bond donors (Lipinski definition) is 1.